The van der Waals surface area contributed by atoms with E-state index in [1.807, 2.05) is 0 Å². The minimum atomic E-state index is -0.467. The van der Waals surface area contributed by atoms with Crippen LogP contribution < -0.4 is 19.7 Å². The summed E-state index contributed by atoms with van der Waals surface area (Å²) in [6.45, 7) is 1.09. The number of amides is 2. The maximum atomic E-state index is 13.2. The van der Waals surface area contributed by atoms with Gasteiger partial charge in [0.25, 0.3) is 0 Å². The Balaban J connectivity index is 2.24. The molecule has 0 spiro atoms. The minimum absolute atomic E-state index is 0.255. The Morgan fingerprint density at radius 3 is 2.48 bits per heavy atom. The first-order chi connectivity index (χ1) is 11.9. The smallest absolute Gasteiger partial charge is 0.244 e. The van der Waals surface area contributed by atoms with E-state index in [2.05, 4.69) is 5.32 Å². The first-order valence-corrected chi connectivity index (χ1v) is 7.50. The Morgan fingerprint density at radius 1 is 1.12 bits per heavy atom. The number of rotatable bonds is 6. The number of hydrogen-bond acceptors (Lipinski definition) is 4. The molecule has 6 nitrogen and oxygen atoms in total. The molecule has 1 N–H and O–H groups in total. The second-order valence-corrected chi connectivity index (χ2v) is 5.20. The average Bonchev–Trinajstić information content (AvgIpc) is 2.59. The van der Waals surface area contributed by atoms with E-state index in [9.17, 15) is 14.0 Å². The van der Waals surface area contributed by atoms with Crippen LogP contribution in [0.2, 0.25) is 0 Å². The maximum Gasteiger partial charge on any atom is 0.244 e. The highest BCUT2D eigenvalue weighted by atomic mass is 19.1. The van der Waals surface area contributed by atoms with Gasteiger partial charge in [0.05, 0.1) is 19.9 Å². The van der Waals surface area contributed by atoms with Crippen molar-refractivity contribution in [2.45, 2.75) is 6.92 Å². The first kappa shape index (κ1) is 18.3. The lowest BCUT2D eigenvalue weighted by atomic mass is 10.2. The molecule has 0 unspecified atom stereocenters. The van der Waals surface area contributed by atoms with Crippen molar-refractivity contribution >= 4 is 23.2 Å². The van der Waals surface area contributed by atoms with Crippen molar-refractivity contribution < 1.29 is 23.5 Å². The van der Waals surface area contributed by atoms with Crippen LogP contribution >= 0.6 is 0 Å². The van der Waals surface area contributed by atoms with Crippen molar-refractivity contribution in [1.29, 1.82) is 0 Å². The highest BCUT2D eigenvalue weighted by Gasteiger charge is 2.20. The molecule has 0 aliphatic heterocycles. The minimum Gasteiger partial charge on any atom is -0.497 e. The zero-order chi connectivity index (χ0) is 18.4. The number of benzene rings is 2. The quantitative estimate of drug-likeness (QED) is 0.873. The van der Waals surface area contributed by atoms with Crippen LogP contribution in [-0.2, 0) is 9.59 Å². The van der Waals surface area contributed by atoms with Crippen molar-refractivity contribution in [3.8, 4) is 11.5 Å². The fourth-order valence-corrected chi connectivity index (χ4v) is 2.28. The van der Waals surface area contributed by atoms with Gasteiger partial charge in [-0.3, -0.25) is 14.5 Å². The molecule has 0 heterocycles. The number of nitrogens with one attached hydrogen (secondary N) is 1. The van der Waals surface area contributed by atoms with Crippen LogP contribution in [0.15, 0.2) is 42.5 Å². The molecular weight excluding hydrogens is 327 g/mol. The van der Waals surface area contributed by atoms with Crippen molar-refractivity contribution in [2.75, 3.05) is 31.0 Å². The topological polar surface area (TPSA) is 67.9 Å². The zero-order valence-electron chi connectivity index (χ0n) is 14.2. The molecule has 25 heavy (non-hydrogen) atoms. The van der Waals surface area contributed by atoms with Crippen LogP contribution in [0.5, 0.6) is 11.5 Å². The van der Waals surface area contributed by atoms with Gasteiger partial charge in [-0.1, -0.05) is 6.07 Å². The normalized spacial score (nSPS) is 10.1. The number of ether oxygens (including phenoxy) is 2. The molecule has 7 heteroatoms. The number of methoxy groups -OCH3 is 2. The van der Waals surface area contributed by atoms with Crippen LogP contribution in [0.1, 0.15) is 6.92 Å². The van der Waals surface area contributed by atoms with Gasteiger partial charge in [0.15, 0.2) is 0 Å². The summed E-state index contributed by atoms with van der Waals surface area (Å²) in [4.78, 5) is 25.6. The summed E-state index contributed by atoms with van der Waals surface area (Å²) >= 11 is 0. The Hall–Kier alpha value is -3.09. The molecule has 2 aromatic rings. The van der Waals surface area contributed by atoms with E-state index in [0.717, 1.165) is 0 Å². The van der Waals surface area contributed by atoms with E-state index >= 15 is 0 Å². The second kappa shape index (κ2) is 8.14. The molecule has 0 saturated heterocycles. The van der Waals surface area contributed by atoms with Gasteiger partial charge in [-0.25, -0.2) is 4.39 Å². The maximum absolute atomic E-state index is 13.2. The number of carbonyl (C=O) groups is 2. The molecule has 0 fully saturated rings. The predicted molar refractivity (Wildman–Crippen MR) is 92.6 cm³/mol. The SMILES string of the molecule is COc1ccc(OC)c(N(CC(=O)Nc2cccc(F)c2)C(C)=O)c1. The van der Waals surface area contributed by atoms with Crippen molar-refractivity contribution in [2.24, 2.45) is 0 Å². The average molecular weight is 346 g/mol. The highest BCUT2D eigenvalue weighted by molar-refractivity contribution is 6.02. The number of nitrogens with zero attached hydrogens (tertiary/aromatic N) is 1. The fraction of sp³-hybridized carbons (Fsp3) is 0.222. The van der Waals surface area contributed by atoms with Gasteiger partial charge >= 0.3 is 0 Å². The molecule has 0 aromatic heterocycles. The van der Waals surface area contributed by atoms with Crippen LogP contribution in [0.25, 0.3) is 0 Å². The molecular formula is C18H19FN2O4. The molecule has 2 aromatic carbocycles. The van der Waals surface area contributed by atoms with Gasteiger partial charge in [0.2, 0.25) is 11.8 Å². The molecule has 132 valence electrons. The zero-order valence-corrected chi connectivity index (χ0v) is 14.2. The second-order valence-electron chi connectivity index (χ2n) is 5.20. The summed E-state index contributed by atoms with van der Waals surface area (Å²) in [5, 5.41) is 2.56. The van der Waals surface area contributed by atoms with Gasteiger partial charge in [0, 0.05) is 18.7 Å². The van der Waals surface area contributed by atoms with E-state index in [0.29, 0.717) is 22.9 Å². The Labute approximate surface area is 145 Å². The van der Waals surface area contributed by atoms with Gasteiger partial charge in [0.1, 0.15) is 23.9 Å². The third-order valence-electron chi connectivity index (χ3n) is 3.47. The summed E-state index contributed by atoms with van der Waals surface area (Å²) in [6, 6.07) is 10.5. The summed E-state index contributed by atoms with van der Waals surface area (Å²) in [5.41, 5.74) is 0.717. The fourth-order valence-electron chi connectivity index (χ4n) is 2.28. The molecule has 0 atom stereocenters. The molecule has 0 aliphatic rings. The number of hydrogen-bond donors (Lipinski definition) is 1. The number of halogens is 1. The van der Waals surface area contributed by atoms with E-state index in [-0.39, 0.29) is 12.5 Å². The standard InChI is InChI=1S/C18H19FN2O4/c1-12(22)21(16-10-15(24-2)7-8-17(16)25-3)11-18(23)20-14-6-4-5-13(19)9-14/h4-10H,11H2,1-3H3,(H,20,23). The predicted octanol–water partition coefficient (Wildman–Crippen LogP) is 2.83. The number of anilines is 2. The van der Waals surface area contributed by atoms with E-state index in [1.165, 1.54) is 44.2 Å². The molecule has 0 radical (unpaired) electrons. The van der Waals surface area contributed by atoms with Crippen molar-refractivity contribution in [3.63, 3.8) is 0 Å². The summed E-state index contributed by atoms with van der Waals surface area (Å²) < 4.78 is 23.6. The van der Waals surface area contributed by atoms with Crippen molar-refractivity contribution in [3.05, 3.63) is 48.3 Å². The highest BCUT2D eigenvalue weighted by Crippen LogP contribution is 2.32. The summed E-state index contributed by atoms with van der Waals surface area (Å²) in [7, 11) is 2.97. The van der Waals surface area contributed by atoms with Crippen LogP contribution in [-0.4, -0.2) is 32.6 Å². The Kier molecular flexibility index (Phi) is 5.94. The largest absolute Gasteiger partial charge is 0.497 e. The third kappa shape index (κ3) is 4.69. The molecule has 0 saturated carbocycles. The van der Waals surface area contributed by atoms with Gasteiger partial charge < -0.3 is 14.8 Å². The Bertz CT molecular complexity index is 779. The monoisotopic (exact) mass is 346 g/mol. The van der Waals surface area contributed by atoms with Gasteiger partial charge in [-0.15, -0.1) is 0 Å². The lowest BCUT2D eigenvalue weighted by molar-refractivity contribution is -0.120. The molecule has 0 bridgehead atoms. The van der Waals surface area contributed by atoms with E-state index in [1.54, 1.807) is 24.3 Å². The molecule has 2 amide bonds. The first-order valence-electron chi connectivity index (χ1n) is 7.50. The van der Waals surface area contributed by atoms with Crippen LogP contribution in [0.3, 0.4) is 0 Å². The van der Waals surface area contributed by atoms with Crippen molar-refractivity contribution in [1.82, 2.24) is 0 Å². The molecule has 2 rings (SSSR count). The lowest BCUT2D eigenvalue weighted by Gasteiger charge is -2.23. The lowest BCUT2D eigenvalue weighted by Crippen LogP contribution is -2.37. The van der Waals surface area contributed by atoms with Crippen LogP contribution in [0.4, 0.5) is 15.8 Å². The van der Waals surface area contributed by atoms with E-state index in [4.69, 9.17) is 9.47 Å². The van der Waals surface area contributed by atoms with Gasteiger partial charge in [-0.2, -0.15) is 0 Å². The van der Waals surface area contributed by atoms with Crippen LogP contribution in [0, 0.1) is 5.82 Å². The Morgan fingerprint density at radius 2 is 1.88 bits per heavy atom. The summed E-state index contributed by atoms with van der Waals surface area (Å²) in [5.74, 6) is -0.329. The van der Waals surface area contributed by atoms with E-state index < -0.39 is 11.7 Å². The summed E-state index contributed by atoms with van der Waals surface area (Å²) in [6.07, 6.45) is 0. The number of carbonyl (C=O) groups excluding carboxylic acids is 2. The van der Waals surface area contributed by atoms with Gasteiger partial charge in [-0.05, 0) is 30.3 Å². The third-order valence-corrected chi connectivity index (χ3v) is 3.47. The molecule has 0 aliphatic carbocycles.